The van der Waals surface area contributed by atoms with Crippen molar-refractivity contribution >= 4 is 6.09 Å². The smallest absolute Gasteiger partial charge is 0.431 e. The molecular weight excluding hydrogens is 166 g/mol. The summed E-state index contributed by atoms with van der Waals surface area (Å²) >= 11 is 0. The Labute approximate surface area is 69.9 Å². The third-order valence-corrected chi connectivity index (χ3v) is 1.18. The van der Waals surface area contributed by atoms with Crippen LogP contribution in [0.1, 0.15) is 6.92 Å². The standard InChI is InChI=1S/C6H13NO5/c1-2-7(6(10)11)12-5(3-8)4-9/h5,8-9H,2-4H2,1H3,(H,10,11). The van der Waals surface area contributed by atoms with Gasteiger partial charge in [0.1, 0.15) is 6.10 Å². The van der Waals surface area contributed by atoms with Gasteiger partial charge in [-0.05, 0) is 6.92 Å². The first-order chi connectivity index (χ1) is 5.65. The first kappa shape index (κ1) is 11.2. The number of rotatable bonds is 5. The number of hydrogen-bond acceptors (Lipinski definition) is 4. The summed E-state index contributed by atoms with van der Waals surface area (Å²) in [6.07, 6.45) is -2.12. The van der Waals surface area contributed by atoms with Crippen LogP contribution in [0.3, 0.4) is 0 Å². The van der Waals surface area contributed by atoms with Gasteiger partial charge in [0.25, 0.3) is 0 Å². The normalized spacial score (nSPS) is 10.3. The Morgan fingerprint density at radius 1 is 1.50 bits per heavy atom. The highest BCUT2D eigenvalue weighted by molar-refractivity contribution is 5.63. The predicted molar refractivity (Wildman–Crippen MR) is 39.4 cm³/mol. The molecule has 72 valence electrons. The van der Waals surface area contributed by atoms with E-state index in [1.54, 1.807) is 6.92 Å². The molecule has 1 amide bonds. The van der Waals surface area contributed by atoms with Gasteiger partial charge in [0.2, 0.25) is 0 Å². The van der Waals surface area contributed by atoms with E-state index < -0.39 is 25.4 Å². The minimum absolute atomic E-state index is 0.145. The summed E-state index contributed by atoms with van der Waals surface area (Å²) in [7, 11) is 0. The average Bonchev–Trinajstić information content (AvgIpc) is 2.06. The maximum Gasteiger partial charge on any atom is 0.431 e. The third-order valence-electron chi connectivity index (χ3n) is 1.18. The summed E-state index contributed by atoms with van der Waals surface area (Å²) in [4.78, 5) is 15.0. The van der Waals surface area contributed by atoms with Crippen LogP contribution in [0.2, 0.25) is 0 Å². The molecule has 0 radical (unpaired) electrons. The highest BCUT2D eigenvalue weighted by Crippen LogP contribution is 1.97. The Morgan fingerprint density at radius 3 is 2.25 bits per heavy atom. The second-order valence-electron chi connectivity index (χ2n) is 2.07. The molecule has 0 saturated heterocycles. The van der Waals surface area contributed by atoms with Crippen LogP contribution in [0, 0.1) is 0 Å². The van der Waals surface area contributed by atoms with Crippen molar-refractivity contribution < 1.29 is 25.0 Å². The van der Waals surface area contributed by atoms with Gasteiger partial charge in [0.05, 0.1) is 13.2 Å². The van der Waals surface area contributed by atoms with Gasteiger partial charge in [-0.25, -0.2) is 4.79 Å². The van der Waals surface area contributed by atoms with E-state index in [9.17, 15) is 4.79 Å². The molecule has 0 aromatic carbocycles. The van der Waals surface area contributed by atoms with Crippen molar-refractivity contribution in [3.8, 4) is 0 Å². The Kier molecular flexibility index (Phi) is 5.35. The molecule has 0 spiro atoms. The van der Waals surface area contributed by atoms with Crippen LogP contribution in [-0.4, -0.2) is 52.3 Å². The molecule has 0 aliphatic heterocycles. The predicted octanol–water partition coefficient (Wildman–Crippen LogP) is -0.729. The van der Waals surface area contributed by atoms with Crippen molar-refractivity contribution in [2.24, 2.45) is 0 Å². The fraction of sp³-hybridized carbons (Fsp3) is 0.833. The lowest BCUT2D eigenvalue weighted by Gasteiger charge is -2.20. The van der Waals surface area contributed by atoms with Crippen molar-refractivity contribution in [1.29, 1.82) is 0 Å². The van der Waals surface area contributed by atoms with Crippen LogP contribution in [0.5, 0.6) is 0 Å². The van der Waals surface area contributed by atoms with Crippen molar-refractivity contribution in [2.45, 2.75) is 13.0 Å². The molecule has 6 nitrogen and oxygen atoms in total. The first-order valence-electron chi connectivity index (χ1n) is 3.54. The van der Waals surface area contributed by atoms with Crippen molar-refractivity contribution in [2.75, 3.05) is 19.8 Å². The molecule has 0 aliphatic carbocycles. The second kappa shape index (κ2) is 5.76. The molecular formula is C6H13NO5. The number of hydroxylamine groups is 2. The molecule has 0 rings (SSSR count). The molecule has 6 heteroatoms. The lowest BCUT2D eigenvalue weighted by Crippen LogP contribution is -2.37. The first-order valence-corrected chi connectivity index (χ1v) is 3.54. The van der Waals surface area contributed by atoms with E-state index >= 15 is 0 Å². The number of aliphatic hydroxyl groups is 2. The molecule has 0 heterocycles. The highest BCUT2D eigenvalue weighted by Gasteiger charge is 2.15. The van der Waals surface area contributed by atoms with E-state index in [0.717, 1.165) is 0 Å². The van der Waals surface area contributed by atoms with Crippen LogP contribution in [0.4, 0.5) is 4.79 Å². The molecule has 0 atom stereocenters. The highest BCUT2D eigenvalue weighted by atomic mass is 16.7. The third kappa shape index (κ3) is 3.51. The minimum Gasteiger partial charge on any atom is -0.463 e. The zero-order valence-corrected chi connectivity index (χ0v) is 6.80. The molecule has 0 aromatic heterocycles. The molecule has 3 N–H and O–H groups in total. The zero-order valence-electron chi connectivity index (χ0n) is 6.80. The van der Waals surface area contributed by atoms with Gasteiger partial charge in [0, 0.05) is 6.54 Å². The van der Waals surface area contributed by atoms with Crippen LogP contribution >= 0.6 is 0 Å². The van der Waals surface area contributed by atoms with E-state index in [4.69, 9.17) is 20.2 Å². The Bertz CT molecular complexity index is 136. The maximum absolute atomic E-state index is 10.3. The molecule has 0 unspecified atom stereocenters. The van der Waals surface area contributed by atoms with Gasteiger partial charge < -0.3 is 15.3 Å². The molecule has 0 bridgehead atoms. The molecule has 12 heavy (non-hydrogen) atoms. The van der Waals surface area contributed by atoms with E-state index in [1.807, 2.05) is 0 Å². The summed E-state index contributed by atoms with van der Waals surface area (Å²) < 4.78 is 0. The van der Waals surface area contributed by atoms with Crippen LogP contribution in [0.25, 0.3) is 0 Å². The van der Waals surface area contributed by atoms with Gasteiger partial charge in [-0.3, -0.25) is 4.84 Å². The summed E-state index contributed by atoms with van der Waals surface area (Å²) in [5.74, 6) is 0. The van der Waals surface area contributed by atoms with E-state index in [2.05, 4.69) is 0 Å². The molecule has 0 saturated carbocycles. The average molecular weight is 179 g/mol. The summed E-state index contributed by atoms with van der Waals surface area (Å²) in [5, 5.41) is 26.2. The fourth-order valence-electron chi connectivity index (χ4n) is 0.559. The van der Waals surface area contributed by atoms with Gasteiger partial charge in [-0.2, -0.15) is 5.06 Å². The van der Waals surface area contributed by atoms with Crippen LogP contribution in [-0.2, 0) is 4.84 Å². The number of hydrogen-bond donors (Lipinski definition) is 3. The van der Waals surface area contributed by atoms with Crippen molar-refractivity contribution in [3.63, 3.8) is 0 Å². The minimum atomic E-state index is -1.25. The van der Waals surface area contributed by atoms with Crippen molar-refractivity contribution in [1.82, 2.24) is 5.06 Å². The van der Waals surface area contributed by atoms with E-state index in [1.165, 1.54) is 0 Å². The van der Waals surface area contributed by atoms with E-state index in [0.29, 0.717) is 5.06 Å². The Morgan fingerprint density at radius 2 is 2.00 bits per heavy atom. The van der Waals surface area contributed by atoms with Crippen LogP contribution in [0.15, 0.2) is 0 Å². The fourth-order valence-corrected chi connectivity index (χ4v) is 0.559. The summed E-state index contributed by atoms with van der Waals surface area (Å²) in [6, 6.07) is 0. The Balaban J connectivity index is 3.91. The molecule has 0 aliphatic rings. The van der Waals surface area contributed by atoms with Gasteiger partial charge in [0.15, 0.2) is 0 Å². The number of aliphatic hydroxyl groups excluding tert-OH is 2. The number of carboxylic acid groups (broad SMARTS) is 1. The lowest BCUT2D eigenvalue weighted by atomic mass is 10.4. The van der Waals surface area contributed by atoms with E-state index in [-0.39, 0.29) is 6.54 Å². The monoisotopic (exact) mass is 179 g/mol. The maximum atomic E-state index is 10.3. The largest absolute Gasteiger partial charge is 0.463 e. The topological polar surface area (TPSA) is 90.2 Å². The molecule has 0 aromatic rings. The van der Waals surface area contributed by atoms with Crippen LogP contribution < -0.4 is 0 Å². The Hall–Kier alpha value is -0.850. The van der Waals surface area contributed by atoms with Gasteiger partial charge in [-0.15, -0.1) is 0 Å². The lowest BCUT2D eigenvalue weighted by molar-refractivity contribution is -0.188. The zero-order chi connectivity index (χ0) is 9.56. The second-order valence-corrected chi connectivity index (χ2v) is 2.07. The number of carbonyl (C=O) groups is 1. The molecule has 0 fully saturated rings. The SMILES string of the molecule is CCN(OC(CO)CO)C(=O)O. The summed E-state index contributed by atoms with van der Waals surface area (Å²) in [6.45, 7) is 0.895. The number of amides is 1. The van der Waals surface area contributed by atoms with Gasteiger partial charge >= 0.3 is 6.09 Å². The summed E-state index contributed by atoms with van der Waals surface area (Å²) in [5.41, 5.74) is 0. The quantitative estimate of drug-likeness (QED) is 0.484. The van der Waals surface area contributed by atoms with Crippen molar-refractivity contribution in [3.05, 3.63) is 0 Å². The van der Waals surface area contributed by atoms with Gasteiger partial charge in [-0.1, -0.05) is 0 Å². The number of nitrogens with zero attached hydrogens (tertiary/aromatic N) is 1.